The van der Waals surface area contributed by atoms with Gasteiger partial charge in [-0.3, -0.25) is 4.79 Å². The Bertz CT molecular complexity index is 1030. The standard InChI is InChI=1S/C22H22FNO6/c1-3-27-15-7-9-16(10-8-15)28-12-11-24-19(25)13-29-22(26)20-14(2)17-5-4-6-18(23)21(17)30-20/h4-10H,3,11-13H2,1-2H3,(H,24,25). The molecule has 0 bridgehead atoms. The third-order valence-electron chi connectivity index (χ3n) is 4.26. The zero-order chi connectivity index (χ0) is 21.5. The maximum atomic E-state index is 13.8. The van der Waals surface area contributed by atoms with E-state index in [2.05, 4.69) is 5.32 Å². The van der Waals surface area contributed by atoms with Crippen LogP contribution in [0.25, 0.3) is 11.0 Å². The highest BCUT2D eigenvalue weighted by atomic mass is 19.1. The topological polar surface area (TPSA) is 87.0 Å². The molecule has 3 rings (SSSR count). The van der Waals surface area contributed by atoms with Crippen molar-refractivity contribution >= 4 is 22.8 Å². The van der Waals surface area contributed by atoms with Crippen LogP contribution in [0.4, 0.5) is 4.39 Å². The maximum absolute atomic E-state index is 13.8. The van der Waals surface area contributed by atoms with Crippen molar-refractivity contribution in [3.8, 4) is 11.5 Å². The number of benzene rings is 2. The Hall–Kier alpha value is -3.55. The zero-order valence-corrected chi connectivity index (χ0v) is 16.7. The average molecular weight is 415 g/mol. The number of halogens is 1. The average Bonchev–Trinajstić information content (AvgIpc) is 3.09. The second kappa shape index (κ2) is 9.78. The Kier molecular flexibility index (Phi) is 6.90. The lowest BCUT2D eigenvalue weighted by Gasteiger charge is -2.09. The summed E-state index contributed by atoms with van der Waals surface area (Å²) in [6.45, 7) is 4.11. The van der Waals surface area contributed by atoms with Crippen LogP contribution in [0.15, 0.2) is 46.9 Å². The molecular formula is C22H22FNO6. The lowest BCUT2D eigenvalue weighted by molar-refractivity contribution is -0.124. The number of ether oxygens (including phenoxy) is 3. The summed E-state index contributed by atoms with van der Waals surface area (Å²) >= 11 is 0. The SMILES string of the molecule is CCOc1ccc(OCCNC(=O)COC(=O)c2oc3c(F)cccc3c2C)cc1. The molecule has 1 amide bonds. The van der Waals surface area contributed by atoms with Crippen molar-refractivity contribution in [3.63, 3.8) is 0 Å². The number of rotatable bonds is 9. The molecule has 8 heteroatoms. The molecule has 0 saturated heterocycles. The van der Waals surface area contributed by atoms with Crippen LogP contribution in [0, 0.1) is 12.7 Å². The minimum atomic E-state index is -0.830. The van der Waals surface area contributed by atoms with Gasteiger partial charge in [-0.2, -0.15) is 0 Å². The van der Waals surface area contributed by atoms with Gasteiger partial charge in [0.05, 0.1) is 13.2 Å². The van der Waals surface area contributed by atoms with E-state index in [1.807, 2.05) is 6.92 Å². The fourth-order valence-corrected chi connectivity index (χ4v) is 2.81. The van der Waals surface area contributed by atoms with Crippen LogP contribution in [-0.4, -0.2) is 38.2 Å². The van der Waals surface area contributed by atoms with E-state index in [1.54, 1.807) is 37.3 Å². The molecule has 7 nitrogen and oxygen atoms in total. The first kappa shape index (κ1) is 21.2. The molecule has 0 atom stereocenters. The fraction of sp³-hybridized carbons (Fsp3) is 0.273. The number of aryl methyl sites for hydroxylation is 1. The van der Waals surface area contributed by atoms with E-state index < -0.39 is 24.3 Å². The van der Waals surface area contributed by atoms with Crippen molar-refractivity contribution in [2.75, 3.05) is 26.4 Å². The van der Waals surface area contributed by atoms with Crippen LogP contribution in [-0.2, 0) is 9.53 Å². The summed E-state index contributed by atoms with van der Waals surface area (Å²) in [5.74, 6) is -0.613. The molecule has 158 valence electrons. The number of hydrogen-bond acceptors (Lipinski definition) is 6. The summed E-state index contributed by atoms with van der Waals surface area (Å²) in [4.78, 5) is 24.1. The molecule has 0 saturated carbocycles. The summed E-state index contributed by atoms with van der Waals surface area (Å²) < 4.78 is 34.9. The van der Waals surface area contributed by atoms with Gasteiger partial charge in [0.1, 0.15) is 18.1 Å². The second-order valence-corrected chi connectivity index (χ2v) is 6.35. The molecule has 2 aromatic carbocycles. The smallest absolute Gasteiger partial charge is 0.375 e. The molecule has 0 spiro atoms. The molecule has 0 aliphatic heterocycles. The van der Waals surface area contributed by atoms with Gasteiger partial charge >= 0.3 is 5.97 Å². The zero-order valence-electron chi connectivity index (χ0n) is 16.7. The van der Waals surface area contributed by atoms with Gasteiger partial charge in [-0.15, -0.1) is 0 Å². The number of carbonyl (C=O) groups excluding carboxylic acids is 2. The summed E-state index contributed by atoms with van der Waals surface area (Å²) in [7, 11) is 0. The Labute approximate surface area is 172 Å². The summed E-state index contributed by atoms with van der Waals surface area (Å²) in [5.41, 5.74) is 0.441. The van der Waals surface area contributed by atoms with Crippen LogP contribution < -0.4 is 14.8 Å². The van der Waals surface area contributed by atoms with E-state index in [9.17, 15) is 14.0 Å². The quantitative estimate of drug-likeness (QED) is 0.424. The van der Waals surface area contributed by atoms with E-state index in [0.717, 1.165) is 5.75 Å². The number of carbonyl (C=O) groups is 2. The number of furan rings is 1. The molecular weight excluding hydrogens is 393 g/mol. The highest BCUT2D eigenvalue weighted by Gasteiger charge is 2.21. The Morgan fingerprint density at radius 2 is 1.77 bits per heavy atom. The molecule has 1 N–H and O–H groups in total. The van der Waals surface area contributed by atoms with Crippen LogP contribution in [0.5, 0.6) is 11.5 Å². The van der Waals surface area contributed by atoms with Gasteiger partial charge in [-0.25, -0.2) is 9.18 Å². The third-order valence-corrected chi connectivity index (χ3v) is 4.26. The van der Waals surface area contributed by atoms with Crippen molar-refractivity contribution in [1.82, 2.24) is 5.32 Å². The first-order valence-electron chi connectivity index (χ1n) is 9.46. The van der Waals surface area contributed by atoms with Crippen molar-refractivity contribution in [3.05, 3.63) is 59.6 Å². The fourth-order valence-electron chi connectivity index (χ4n) is 2.81. The van der Waals surface area contributed by atoms with Crippen LogP contribution in [0.1, 0.15) is 23.0 Å². The molecule has 0 aliphatic carbocycles. The van der Waals surface area contributed by atoms with E-state index in [0.29, 0.717) is 23.3 Å². The first-order valence-corrected chi connectivity index (χ1v) is 9.46. The highest BCUT2D eigenvalue weighted by molar-refractivity contribution is 5.96. The van der Waals surface area contributed by atoms with E-state index in [4.69, 9.17) is 18.6 Å². The van der Waals surface area contributed by atoms with E-state index in [1.165, 1.54) is 12.1 Å². The molecule has 30 heavy (non-hydrogen) atoms. The molecule has 0 radical (unpaired) electrons. The van der Waals surface area contributed by atoms with Gasteiger partial charge < -0.3 is 23.9 Å². The Morgan fingerprint density at radius 3 is 2.43 bits per heavy atom. The molecule has 0 fully saturated rings. The number of amides is 1. The summed E-state index contributed by atoms with van der Waals surface area (Å²) in [5, 5.41) is 3.07. The molecule has 0 unspecified atom stereocenters. The molecule has 1 aromatic heterocycles. The van der Waals surface area contributed by atoms with Gasteiger partial charge in [-0.1, -0.05) is 12.1 Å². The monoisotopic (exact) mass is 415 g/mol. The van der Waals surface area contributed by atoms with Crippen LogP contribution in [0.3, 0.4) is 0 Å². The Balaban J connectivity index is 1.42. The predicted octanol–water partition coefficient (Wildman–Crippen LogP) is 3.63. The van der Waals surface area contributed by atoms with E-state index in [-0.39, 0.29) is 24.5 Å². The van der Waals surface area contributed by atoms with E-state index >= 15 is 0 Å². The normalized spacial score (nSPS) is 10.6. The number of para-hydroxylation sites is 1. The minimum Gasteiger partial charge on any atom is -0.494 e. The Morgan fingerprint density at radius 1 is 1.07 bits per heavy atom. The van der Waals surface area contributed by atoms with Gasteiger partial charge in [0.15, 0.2) is 18.0 Å². The largest absolute Gasteiger partial charge is 0.494 e. The lowest BCUT2D eigenvalue weighted by Crippen LogP contribution is -2.32. The predicted molar refractivity (Wildman–Crippen MR) is 107 cm³/mol. The van der Waals surface area contributed by atoms with Crippen molar-refractivity contribution in [1.29, 1.82) is 0 Å². The van der Waals surface area contributed by atoms with Crippen LogP contribution >= 0.6 is 0 Å². The van der Waals surface area contributed by atoms with Crippen molar-refractivity contribution in [2.24, 2.45) is 0 Å². The molecule has 3 aromatic rings. The maximum Gasteiger partial charge on any atom is 0.375 e. The van der Waals surface area contributed by atoms with Crippen molar-refractivity contribution in [2.45, 2.75) is 13.8 Å². The third kappa shape index (κ3) is 5.08. The summed E-state index contributed by atoms with van der Waals surface area (Å²) in [6, 6.07) is 11.5. The lowest BCUT2D eigenvalue weighted by atomic mass is 10.1. The summed E-state index contributed by atoms with van der Waals surface area (Å²) in [6.07, 6.45) is 0. The van der Waals surface area contributed by atoms with Gasteiger partial charge in [-0.05, 0) is 44.2 Å². The van der Waals surface area contributed by atoms with Gasteiger partial charge in [0, 0.05) is 10.9 Å². The minimum absolute atomic E-state index is 0.0159. The second-order valence-electron chi connectivity index (χ2n) is 6.35. The first-order chi connectivity index (χ1) is 14.5. The molecule has 0 aliphatic rings. The van der Waals surface area contributed by atoms with Gasteiger partial charge in [0.25, 0.3) is 5.91 Å². The van der Waals surface area contributed by atoms with Gasteiger partial charge in [0.2, 0.25) is 5.76 Å². The van der Waals surface area contributed by atoms with Crippen LogP contribution in [0.2, 0.25) is 0 Å². The van der Waals surface area contributed by atoms with Crippen molar-refractivity contribution < 1.29 is 32.6 Å². The molecule has 1 heterocycles. The number of hydrogen-bond donors (Lipinski definition) is 1. The number of nitrogens with one attached hydrogen (secondary N) is 1. The number of fused-ring (bicyclic) bond motifs is 1. The number of esters is 1. The highest BCUT2D eigenvalue weighted by Crippen LogP contribution is 2.27.